The first kappa shape index (κ1) is 65.8. The molecule has 11 nitrogen and oxygen atoms in total. The van der Waals surface area contributed by atoms with Crippen molar-refractivity contribution >= 4 is 39.7 Å². The fourth-order valence-corrected chi connectivity index (χ4v) is 7.68. The summed E-state index contributed by atoms with van der Waals surface area (Å²) < 4.78 is 76.6. The number of rotatable bonds is 12. The Morgan fingerprint density at radius 1 is 0.600 bits per heavy atom. The van der Waals surface area contributed by atoms with Gasteiger partial charge in [0.25, 0.3) is 19.2 Å². The number of terminal acetylenes is 1. The van der Waals surface area contributed by atoms with Crippen LogP contribution in [0.3, 0.4) is 0 Å². The van der Waals surface area contributed by atoms with Gasteiger partial charge in [0.15, 0.2) is 0 Å². The molecular formula is C50H62ClNO10S3. The van der Waals surface area contributed by atoms with Crippen molar-refractivity contribution in [3.8, 4) is 24.2 Å². The molecule has 15 heteroatoms. The highest BCUT2D eigenvalue weighted by Gasteiger charge is 2.18. The maximum atomic E-state index is 12.8. The van der Waals surface area contributed by atoms with Gasteiger partial charge in [-0.3, -0.25) is 4.18 Å². The van der Waals surface area contributed by atoms with Gasteiger partial charge >= 0.3 is 0 Å². The number of aliphatic hydroxyl groups excluding tert-OH is 1. The van der Waals surface area contributed by atoms with E-state index in [1.165, 1.54) is 29.8 Å². The average molecular weight is 969 g/mol. The zero-order chi connectivity index (χ0) is 47.0. The van der Waals surface area contributed by atoms with Crippen LogP contribution in [0.25, 0.3) is 0 Å². The fraction of sp³-hybridized carbons (Fsp3) is 0.200. The summed E-state index contributed by atoms with van der Waals surface area (Å²) in [5, 5.41) is 8.53. The van der Waals surface area contributed by atoms with Gasteiger partial charge in [0, 0.05) is 17.3 Å². The van der Waals surface area contributed by atoms with Gasteiger partial charge in [-0.25, -0.2) is 16.8 Å². The second-order valence-electron chi connectivity index (χ2n) is 12.7. The third kappa shape index (κ3) is 28.6. The molecule has 352 valence electrons. The Hall–Kier alpha value is -5.80. The molecule has 0 unspecified atom stereocenters. The minimum atomic E-state index is -3.80. The molecule has 0 aromatic heterocycles. The van der Waals surface area contributed by atoms with Crippen LogP contribution in [0.5, 0.6) is 0 Å². The van der Waals surface area contributed by atoms with Gasteiger partial charge < -0.3 is 22.2 Å². The van der Waals surface area contributed by atoms with Gasteiger partial charge in [-0.2, -0.15) is 8.42 Å². The van der Waals surface area contributed by atoms with E-state index in [4.69, 9.17) is 26.4 Å². The minimum Gasteiger partial charge on any atom is -0.412 e. The lowest BCUT2D eigenvalue weighted by Gasteiger charge is -2.08. The lowest BCUT2D eigenvalue weighted by molar-refractivity contribution is 0.288. The first-order valence-electron chi connectivity index (χ1n) is 18.8. The van der Waals surface area contributed by atoms with E-state index in [2.05, 4.69) is 67.7 Å². The van der Waals surface area contributed by atoms with E-state index in [9.17, 15) is 25.3 Å². The third-order valence-corrected chi connectivity index (χ3v) is 12.1. The van der Waals surface area contributed by atoms with Gasteiger partial charge in [-0.1, -0.05) is 128 Å². The van der Waals surface area contributed by atoms with E-state index < -0.39 is 29.0 Å². The van der Waals surface area contributed by atoms with Gasteiger partial charge in [-0.15, -0.1) is 17.9 Å². The van der Waals surface area contributed by atoms with Gasteiger partial charge in [-0.05, 0) is 125 Å². The molecule has 0 bridgehead atoms. The van der Waals surface area contributed by atoms with Crippen molar-refractivity contribution in [3.63, 3.8) is 0 Å². The van der Waals surface area contributed by atoms with Crippen molar-refractivity contribution in [3.05, 3.63) is 193 Å². The van der Waals surface area contributed by atoms with E-state index in [1.54, 1.807) is 73.7 Å². The van der Waals surface area contributed by atoms with Gasteiger partial charge in [0.05, 0.1) is 26.2 Å². The second-order valence-corrected chi connectivity index (χ2v) is 18.9. The molecule has 5 rings (SSSR count). The zero-order valence-electron chi connectivity index (χ0n) is 37.4. The van der Waals surface area contributed by atoms with E-state index in [-0.39, 0.29) is 49.9 Å². The van der Waals surface area contributed by atoms with Crippen LogP contribution in [0.15, 0.2) is 185 Å². The van der Waals surface area contributed by atoms with Gasteiger partial charge in [0.1, 0.15) is 0 Å². The minimum absolute atomic E-state index is 0. The summed E-state index contributed by atoms with van der Waals surface area (Å²) in [5.74, 6) is 7.08. The fourth-order valence-electron chi connectivity index (χ4n) is 4.64. The summed E-state index contributed by atoms with van der Waals surface area (Å²) in [6.45, 7) is 20.2. The molecule has 0 spiro atoms. The molecule has 0 aliphatic carbocycles. The molecule has 0 aliphatic heterocycles. The summed E-state index contributed by atoms with van der Waals surface area (Å²) in [4.78, 5) is 0.735. The number of hydrogen-bond donors (Lipinski definition) is 2. The van der Waals surface area contributed by atoms with E-state index >= 15 is 0 Å². The SMILES string of the molecule is C#CC#CC.C=C=C.C=C=C.Cc1ccc(S(=O)(=O)Cl)cc1.Cc1ccc(S(=O)(=O)OCCCc2cccc(S(=O)(=O)c3ccc(C)cc3)c2)cc1.N.O.O.OCCCc1ccccc1. The van der Waals surface area contributed by atoms with Crippen LogP contribution in [0.2, 0.25) is 0 Å². The van der Waals surface area contributed by atoms with Crippen molar-refractivity contribution in [1.82, 2.24) is 6.15 Å². The second kappa shape index (κ2) is 36.5. The quantitative estimate of drug-likeness (QED) is 0.0399. The first-order chi connectivity index (χ1) is 29.4. The van der Waals surface area contributed by atoms with Crippen molar-refractivity contribution in [2.24, 2.45) is 0 Å². The topological polar surface area (TPSA) is 230 Å². The standard InChI is InChI=1S/C23H24O5S2.C9H12O.C7H7ClO2S.C5H4.2C3H4.H3N.2H2O/c1-18-8-12-21(13-9-18)29(24,25)23-7-3-5-20(17-23)6-4-16-28-30(26,27)22-14-10-19(2)11-15-22;10-8-4-7-9-5-2-1-3-6-9;1-6-2-4-7(5-3-6)11(8,9)10;1-3-5-4-2;2*1-3-2;;;/h3,5,7-15,17H,4,6,16H2,1-2H3;1-3,5-6,10H,4,7-8H2;2-5H,1H3;1H,2H3;2*1-2H2;1H3;2*1H2. The molecule has 0 amide bonds. The Labute approximate surface area is 392 Å². The molecule has 0 fully saturated rings. The van der Waals surface area contributed by atoms with Crippen LogP contribution >= 0.6 is 10.7 Å². The van der Waals surface area contributed by atoms with Crippen molar-refractivity contribution < 1.29 is 45.5 Å². The number of hydrogen-bond acceptors (Lipinski definition) is 9. The Morgan fingerprint density at radius 2 is 1.02 bits per heavy atom. The van der Waals surface area contributed by atoms with Crippen LogP contribution in [-0.4, -0.2) is 54.5 Å². The molecule has 5 aromatic rings. The number of aliphatic hydroxyl groups is 1. The highest BCUT2D eigenvalue weighted by atomic mass is 35.7. The Balaban J connectivity index is -0.000000436. The third-order valence-electron chi connectivity index (χ3n) is 7.66. The maximum absolute atomic E-state index is 12.8. The van der Waals surface area contributed by atoms with Gasteiger partial charge in [0.2, 0.25) is 9.84 Å². The number of sulfone groups is 1. The lowest BCUT2D eigenvalue weighted by Crippen LogP contribution is -2.08. The predicted octanol–water partition coefficient (Wildman–Crippen LogP) is 9.08. The van der Waals surface area contributed by atoms with Crippen molar-refractivity contribution in [1.29, 1.82) is 0 Å². The Bertz CT molecular complexity index is 2570. The van der Waals surface area contributed by atoms with Crippen LogP contribution in [0.1, 0.15) is 47.6 Å². The summed E-state index contributed by atoms with van der Waals surface area (Å²) in [6, 6.07) is 36.5. The van der Waals surface area contributed by atoms with Crippen LogP contribution in [0, 0.1) is 45.0 Å². The summed E-state index contributed by atoms with van der Waals surface area (Å²) >= 11 is 0. The molecule has 0 atom stereocenters. The Morgan fingerprint density at radius 3 is 1.42 bits per heavy atom. The summed E-state index contributed by atoms with van der Waals surface area (Å²) in [7, 11) is -5.86. The molecule has 0 aliphatic rings. The molecule has 0 saturated carbocycles. The number of aryl methyl sites for hydroxylation is 5. The van der Waals surface area contributed by atoms with E-state index in [0.29, 0.717) is 12.8 Å². The van der Waals surface area contributed by atoms with Crippen molar-refractivity contribution in [2.45, 2.75) is 73.0 Å². The lowest BCUT2D eigenvalue weighted by atomic mass is 10.1. The zero-order valence-corrected chi connectivity index (χ0v) is 40.6. The summed E-state index contributed by atoms with van der Waals surface area (Å²) in [5.41, 5.74) is 9.57. The first-order valence-corrected chi connectivity index (χ1v) is 24.0. The largest absolute Gasteiger partial charge is 0.412 e. The Kier molecular flexibility index (Phi) is 37.0. The normalized spacial score (nSPS) is 9.49. The van der Waals surface area contributed by atoms with Crippen LogP contribution in [0.4, 0.5) is 0 Å². The number of benzene rings is 5. The van der Waals surface area contributed by atoms with E-state index in [1.807, 2.05) is 45.0 Å². The number of halogens is 1. The molecule has 8 N–H and O–H groups in total. The molecule has 65 heavy (non-hydrogen) atoms. The van der Waals surface area contributed by atoms with Crippen LogP contribution in [-0.2, 0) is 46.0 Å². The van der Waals surface area contributed by atoms with Crippen molar-refractivity contribution in [2.75, 3.05) is 13.2 Å². The highest BCUT2D eigenvalue weighted by molar-refractivity contribution is 8.13. The maximum Gasteiger partial charge on any atom is 0.296 e. The summed E-state index contributed by atoms with van der Waals surface area (Å²) in [6.07, 6.45) is 7.51. The molecule has 0 heterocycles. The van der Waals surface area contributed by atoms with E-state index in [0.717, 1.165) is 35.1 Å². The monoisotopic (exact) mass is 967 g/mol. The smallest absolute Gasteiger partial charge is 0.296 e. The molecule has 0 radical (unpaired) electrons. The predicted molar refractivity (Wildman–Crippen MR) is 266 cm³/mol. The average Bonchev–Trinajstić information content (AvgIpc) is 3.24. The molecular weight excluding hydrogens is 906 g/mol. The molecule has 5 aromatic carbocycles. The highest BCUT2D eigenvalue weighted by Crippen LogP contribution is 2.23. The molecule has 0 saturated heterocycles. The van der Waals surface area contributed by atoms with Crippen LogP contribution < -0.4 is 6.15 Å².